The first-order chi connectivity index (χ1) is 33.0. The van der Waals surface area contributed by atoms with Gasteiger partial charge in [0.1, 0.15) is 13.2 Å². The molecular formula is C61H94O6. The molecule has 0 aromatic rings. The van der Waals surface area contributed by atoms with Crippen molar-refractivity contribution in [3.8, 4) is 0 Å². The summed E-state index contributed by atoms with van der Waals surface area (Å²) in [5, 5.41) is 0. The maximum Gasteiger partial charge on any atom is 0.306 e. The Morgan fingerprint density at radius 3 is 1.09 bits per heavy atom. The number of hydrogen-bond donors (Lipinski definition) is 0. The molecule has 0 saturated heterocycles. The van der Waals surface area contributed by atoms with Crippen LogP contribution in [0.5, 0.6) is 0 Å². The van der Waals surface area contributed by atoms with Crippen LogP contribution in [0.1, 0.15) is 201 Å². The average molecular weight is 923 g/mol. The highest BCUT2D eigenvalue weighted by molar-refractivity contribution is 5.71. The summed E-state index contributed by atoms with van der Waals surface area (Å²) in [4.78, 5) is 38.1. The molecule has 0 saturated carbocycles. The van der Waals surface area contributed by atoms with Crippen molar-refractivity contribution in [2.24, 2.45) is 0 Å². The normalized spacial score (nSPS) is 13.3. The van der Waals surface area contributed by atoms with E-state index in [0.717, 1.165) is 141 Å². The fourth-order valence-corrected chi connectivity index (χ4v) is 6.61. The van der Waals surface area contributed by atoms with Crippen LogP contribution >= 0.6 is 0 Å². The number of carbonyl (C=O) groups is 3. The standard InChI is InChI=1S/C61H94O6/c1-4-7-10-13-16-19-22-25-28-30-31-34-36-39-42-45-48-51-54-60(63)66-57-58(56-65-59(62)53-50-47-44-41-38-35-32-27-24-21-18-15-12-9-6-3)67-61(64)55-52-49-46-43-40-37-33-29-26-23-20-17-14-11-8-5-2/h8-13,15-22,24-32,34,58H,4-7,14,23,33,35-57H2,1-3H3/b11-8-,12-9-,13-10-,18-15-,19-16-,20-17-,24-21-,25-22-,29-26-,30-28-,32-27-,34-31-. The molecule has 0 aliphatic heterocycles. The molecule has 67 heavy (non-hydrogen) atoms. The van der Waals surface area contributed by atoms with Gasteiger partial charge in [-0.3, -0.25) is 14.4 Å². The zero-order valence-corrected chi connectivity index (χ0v) is 42.6. The lowest BCUT2D eigenvalue weighted by Crippen LogP contribution is -2.30. The highest BCUT2D eigenvalue weighted by Crippen LogP contribution is 2.13. The van der Waals surface area contributed by atoms with E-state index in [1.165, 1.54) is 19.3 Å². The van der Waals surface area contributed by atoms with Gasteiger partial charge >= 0.3 is 17.9 Å². The van der Waals surface area contributed by atoms with E-state index < -0.39 is 6.10 Å². The first-order valence-electron chi connectivity index (χ1n) is 26.5. The highest BCUT2D eigenvalue weighted by atomic mass is 16.6. The number of hydrogen-bond acceptors (Lipinski definition) is 6. The van der Waals surface area contributed by atoms with Gasteiger partial charge in [0, 0.05) is 19.3 Å². The average Bonchev–Trinajstić information content (AvgIpc) is 3.33. The minimum atomic E-state index is -0.813. The summed E-state index contributed by atoms with van der Waals surface area (Å²) < 4.78 is 16.8. The summed E-state index contributed by atoms with van der Waals surface area (Å²) in [6.07, 6.45) is 76.7. The van der Waals surface area contributed by atoms with E-state index >= 15 is 0 Å². The van der Waals surface area contributed by atoms with Crippen molar-refractivity contribution in [3.63, 3.8) is 0 Å². The lowest BCUT2D eigenvalue weighted by atomic mass is 10.1. The molecule has 6 nitrogen and oxygen atoms in total. The Hall–Kier alpha value is -4.71. The van der Waals surface area contributed by atoms with Crippen LogP contribution in [0.15, 0.2) is 146 Å². The van der Waals surface area contributed by atoms with Gasteiger partial charge in [-0.05, 0) is 89.9 Å². The summed E-state index contributed by atoms with van der Waals surface area (Å²) in [5.41, 5.74) is 0. The second kappa shape index (κ2) is 53.9. The molecule has 374 valence electrons. The van der Waals surface area contributed by atoms with Crippen molar-refractivity contribution in [2.75, 3.05) is 13.2 Å². The lowest BCUT2D eigenvalue weighted by molar-refractivity contribution is -0.167. The Labute approximate surface area is 410 Å². The summed E-state index contributed by atoms with van der Waals surface area (Å²) in [7, 11) is 0. The Balaban J connectivity index is 4.54. The smallest absolute Gasteiger partial charge is 0.306 e. The van der Waals surface area contributed by atoms with Crippen molar-refractivity contribution in [3.05, 3.63) is 146 Å². The topological polar surface area (TPSA) is 78.9 Å². The van der Waals surface area contributed by atoms with Crippen LogP contribution < -0.4 is 0 Å². The molecule has 1 atom stereocenters. The van der Waals surface area contributed by atoms with E-state index in [2.05, 4.69) is 106 Å². The number of allylic oxidation sites excluding steroid dienone is 24. The fraction of sp³-hybridized carbons (Fsp3) is 0.557. The number of ether oxygens (including phenoxy) is 3. The van der Waals surface area contributed by atoms with E-state index in [1.807, 2.05) is 60.8 Å². The first kappa shape index (κ1) is 62.3. The number of esters is 3. The molecule has 0 rings (SSSR count). The van der Waals surface area contributed by atoms with Gasteiger partial charge in [0.2, 0.25) is 0 Å². The molecule has 0 aromatic heterocycles. The molecule has 6 heteroatoms. The van der Waals surface area contributed by atoms with Gasteiger partial charge in [0.15, 0.2) is 6.10 Å². The fourth-order valence-electron chi connectivity index (χ4n) is 6.61. The third-order valence-corrected chi connectivity index (χ3v) is 10.5. The van der Waals surface area contributed by atoms with E-state index in [0.29, 0.717) is 19.3 Å². The van der Waals surface area contributed by atoms with Crippen LogP contribution in [0.2, 0.25) is 0 Å². The van der Waals surface area contributed by atoms with Crippen LogP contribution in [-0.2, 0) is 28.6 Å². The summed E-state index contributed by atoms with van der Waals surface area (Å²) in [6, 6.07) is 0. The van der Waals surface area contributed by atoms with Crippen LogP contribution in [0.3, 0.4) is 0 Å². The van der Waals surface area contributed by atoms with Crippen LogP contribution in [0, 0.1) is 0 Å². The second-order valence-corrected chi connectivity index (χ2v) is 16.9. The number of unbranched alkanes of at least 4 members (excludes halogenated alkanes) is 17. The zero-order chi connectivity index (χ0) is 48.6. The molecule has 0 aliphatic carbocycles. The maximum absolute atomic E-state index is 12.8. The van der Waals surface area contributed by atoms with E-state index in [9.17, 15) is 14.4 Å². The van der Waals surface area contributed by atoms with Crippen molar-refractivity contribution in [2.45, 2.75) is 207 Å². The van der Waals surface area contributed by atoms with Gasteiger partial charge in [-0.15, -0.1) is 0 Å². The summed E-state index contributed by atoms with van der Waals surface area (Å²) in [6.45, 7) is 6.23. The quantitative estimate of drug-likeness (QED) is 0.0199. The van der Waals surface area contributed by atoms with Gasteiger partial charge in [0.05, 0.1) is 0 Å². The largest absolute Gasteiger partial charge is 0.462 e. The van der Waals surface area contributed by atoms with Crippen molar-refractivity contribution >= 4 is 17.9 Å². The molecule has 0 aliphatic rings. The summed E-state index contributed by atoms with van der Waals surface area (Å²) >= 11 is 0. The third-order valence-electron chi connectivity index (χ3n) is 10.5. The van der Waals surface area contributed by atoms with Crippen LogP contribution in [-0.4, -0.2) is 37.2 Å². The van der Waals surface area contributed by atoms with E-state index in [1.54, 1.807) is 0 Å². The van der Waals surface area contributed by atoms with Crippen molar-refractivity contribution in [1.82, 2.24) is 0 Å². The molecule has 0 aromatic carbocycles. The molecule has 0 amide bonds. The predicted molar refractivity (Wildman–Crippen MR) is 288 cm³/mol. The van der Waals surface area contributed by atoms with Gasteiger partial charge in [0.25, 0.3) is 0 Å². The van der Waals surface area contributed by atoms with E-state index in [-0.39, 0.29) is 31.1 Å². The monoisotopic (exact) mass is 923 g/mol. The predicted octanol–water partition coefficient (Wildman–Crippen LogP) is 17.6. The second-order valence-electron chi connectivity index (χ2n) is 16.9. The van der Waals surface area contributed by atoms with Crippen molar-refractivity contribution < 1.29 is 28.6 Å². The first-order valence-corrected chi connectivity index (χ1v) is 26.5. The van der Waals surface area contributed by atoms with Gasteiger partial charge < -0.3 is 14.2 Å². The number of rotatable bonds is 45. The molecule has 1 unspecified atom stereocenters. The molecule has 0 radical (unpaired) electrons. The van der Waals surface area contributed by atoms with E-state index in [4.69, 9.17) is 14.2 Å². The Bertz CT molecular complexity index is 1530. The minimum Gasteiger partial charge on any atom is -0.462 e. The Morgan fingerprint density at radius 2 is 0.657 bits per heavy atom. The highest BCUT2D eigenvalue weighted by Gasteiger charge is 2.19. The molecule has 0 spiro atoms. The minimum absolute atomic E-state index is 0.111. The Kier molecular flexibility index (Phi) is 50.1. The van der Waals surface area contributed by atoms with Crippen LogP contribution in [0.4, 0.5) is 0 Å². The lowest BCUT2D eigenvalue weighted by Gasteiger charge is -2.18. The van der Waals surface area contributed by atoms with Gasteiger partial charge in [-0.1, -0.05) is 237 Å². The van der Waals surface area contributed by atoms with Crippen LogP contribution in [0.25, 0.3) is 0 Å². The Morgan fingerprint density at radius 1 is 0.328 bits per heavy atom. The molecule has 0 N–H and O–H groups in total. The SMILES string of the molecule is CC\C=C/C=C\C=C/C=C\CCCCCCCC(=O)OCC(COC(=O)CCCCCCC\C=C/C=C\C=C/C=C\C=C/CCC)OC(=O)CCCCCCCC/C=C\C/C=C\C/C=C\CC. The van der Waals surface area contributed by atoms with Gasteiger partial charge in [-0.25, -0.2) is 0 Å². The van der Waals surface area contributed by atoms with Crippen molar-refractivity contribution in [1.29, 1.82) is 0 Å². The zero-order valence-electron chi connectivity index (χ0n) is 42.6. The molecule has 0 heterocycles. The maximum atomic E-state index is 12.8. The molecule has 0 fully saturated rings. The summed E-state index contributed by atoms with van der Waals surface area (Å²) in [5.74, 6) is -0.980. The molecule has 0 bridgehead atoms. The third kappa shape index (κ3) is 52.1. The number of carbonyl (C=O) groups excluding carboxylic acids is 3. The molecular weight excluding hydrogens is 829 g/mol. The van der Waals surface area contributed by atoms with Gasteiger partial charge in [-0.2, -0.15) is 0 Å².